The third-order valence-electron chi connectivity index (χ3n) is 4.10. The summed E-state index contributed by atoms with van der Waals surface area (Å²) in [5.41, 5.74) is 0.231. The Morgan fingerprint density at radius 1 is 1.55 bits per heavy atom. The number of nitrogens with one attached hydrogen (secondary N) is 1. The minimum atomic E-state index is -0.807. The van der Waals surface area contributed by atoms with Crippen molar-refractivity contribution in [3.63, 3.8) is 0 Å². The maximum absolute atomic E-state index is 11.6. The Labute approximate surface area is 120 Å². The van der Waals surface area contributed by atoms with E-state index in [0.717, 1.165) is 31.5 Å². The van der Waals surface area contributed by atoms with Crippen LogP contribution in [-0.4, -0.2) is 53.7 Å². The minimum absolute atomic E-state index is 0.252. The molecule has 1 saturated carbocycles. The van der Waals surface area contributed by atoms with E-state index in [0.29, 0.717) is 6.54 Å². The fourth-order valence-electron chi connectivity index (χ4n) is 2.69. The fraction of sp³-hybridized carbons (Fsp3) is 0.600. The smallest absolute Gasteiger partial charge is 0.325 e. The van der Waals surface area contributed by atoms with Gasteiger partial charge in [-0.1, -0.05) is 6.07 Å². The summed E-state index contributed by atoms with van der Waals surface area (Å²) in [6.45, 7) is 1.33. The van der Waals surface area contributed by atoms with Gasteiger partial charge in [-0.25, -0.2) is 0 Å². The highest BCUT2D eigenvalue weighted by molar-refractivity contribution is 5.80. The first-order valence-electron chi connectivity index (χ1n) is 7.09. The van der Waals surface area contributed by atoms with Crippen LogP contribution in [0, 0.1) is 5.92 Å². The van der Waals surface area contributed by atoms with Crippen molar-refractivity contribution >= 4 is 5.97 Å². The van der Waals surface area contributed by atoms with Crippen molar-refractivity contribution in [2.24, 2.45) is 5.92 Å². The Kier molecular flexibility index (Phi) is 4.73. The van der Waals surface area contributed by atoms with Gasteiger partial charge in [0.05, 0.1) is 0 Å². The van der Waals surface area contributed by atoms with Gasteiger partial charge in [-0.15, -0.1) is 0 Å². The summed E-state index contributed by atoms with van der Waals surface area (Å²) >= 11 is 0. The summed E-state index contributed by atoms with van der Waals surface area (Å²) in [6.07, 6.45) is 4.62. The lowest BCUT2D eigenvalue weighted by atomic mass is 9.92. The van der Waals surface area contributed by atoms with Gasteiger partial charge >= 0.3 is 5.97 Å². The van der Waals surface area contributed by atoms with Gasteiger partial charge < -0.3 is 15.3 Å². The second kappa shape index (κ2) is 6.33. The molecule has 2 rings (SSSR count). The van der Waals surface area contributed by atoms with Gasteiger partial charge in [0.2, 0.25) is 0 Å². The molecule has 5 nitrogen and oxygen atoms in total. The zero-order valence-corrected chi connectivity index (χ0v) is 12.2. The van der Waals surface area contributed by atoms with Gasteiger partial charge in [-0.2, -0.15) is 0 Å². The lowest BCUT2D eigenvalue weighted by molar-refractivity contribution is -0.146. The van der Waals surface area contributed by atoms with Gasteiger partial charge in [-0.3, -0.25) is 9.78 Å². The standard InChI is InChI=1S/C15H23N3O2/c1-16-15(14(19)20,12-6-7-12)11-18(2)10-8-13-5-3-4-9-17-13/h3-5,9,12,16H,6-8,10-11H2,1-2H3,(H,19,20). The topological polar surface area (TPSA) is 65.5 Å². The van der Waals surface area contributed by atoms with Crippen molar-refractivity contribution in [2.75, 3.05) is 27.2 Å². The molecule has 0 saturated heterocycles. The van der Waals surface area contributed by atoms with Crippen LogP contribution in [0.15, 0.2) is 24.4 Å². The van der Waals surface area contributed by atoms with E-state index in [9.17, 15) is 9.90 Å². The van der Waals surface area contributed by atoms with Crippen LogP contribution in [-0.2, 0) is 11.2 Å². The fourth-order valence-corrected chi connectivity index (χ4v) is 2.69. The predicted molar refractivity (Wildman–Crippen MR) is 77.6 cm³/mol. The molecule has 5 heteroatoms. The minimum Gasteiger partial charge on any atom is -0.480 e. The molecule has 1 aromatic heterocycles. The van der Waals surface area contributed by atoms with Gasteiger partial charge in [-0.05, 0) is 45.0 Å². The van der Waals surface area contributed by atoms with E-state index in [2.05, 4.69) is 15.2 Å². The van der Waals surface area contributed by atoms with Crippen LogP contribution >= 0.6 is 0 Å². The zero-order chi connectivity index (χ0) is 14.6. The molecule has 1 aliphatic rings. The summed E-state index contributed by atoms with van der Waals surface area (Å²) in [5.74, 6) is -0.491. The van der Waals surface area contributed by atoms with Gasteiger partial charge in [0.25, 0.3) is 0 Å². The van der Waals surface area contributed by atoms with E-state index >= 15 is 0 Å². The Morgan fingerprint density at radius 3 is 2.80 bits per heavy atom. The molecule has 1 fully saturated rings. The number of carboxylic acids is 1. The highest BCUT2D eigenvalue weighted by atomic mass is 16.4. The molecule has 0 radical (unpaired) electrons. The molecule has 0 spiro atoms. The van der Waals surface area contributed by atoms with Gasteiger partial charge in [0, 0.05) is 31.4 Å². The molecule has 1 aliphatic carbocycles. The van der Waals surface area contributed by atoms with Crippen LogP contribution in [0.2, 0.25) is 0 Å². The number of carbonyl (C=O) groups is 1. The average molecular weight is 277 g/mol. The molecule has 1 atom stereocenters. The van der Waals surface area contributed by atoms with Crippen molar-refractivity contribution < 1.29 is 9.90 Å². The van der Waals surface area contributed by atoms with Crippen LogP contribution < -0.4 is 5.32 Å². The first-order chi connectivity index (χ1) is 9.58. The van der Waals surface area contributed by atoms with E-state index in [1.807, 2.05) is 25.2 Å². The molecular weight excluding hydrogens is 254 g/mol. The SMILES string of the molecule is CNC(CN(C)CCc1ccccn1)(C(=O)O)C1CC1. The molecule has 1 unspecified atom stereocenters. The van der Waals surface area contributed by atoms with Crippen molar-refractivity contribution in [1.29, 1.82) is 0 Å². The summed E-state index contributed by atoms with van der Waals surface area (Å²) in [7, 11) is 3.72. The normalized spacial score (nSPS) is 17.9. The molecule has 0 aliphatic heterocycles. The molecule has 0 aromatic carbocycles. The Morgan fingerprint density at radius 2 is 2.30 bits per heavy atom. The molecular formula is C15H23N3O2. The number of rotatable bonds is 8. The summed E-state index contributed by atoms with van der Waals surface area (Å²) in [6, 6.07) is 5.87. The van der Waals surface area contributed by atoms with Crippen LogP contribution in [0.25, 0.3) is 0 Å². The summed E-state index contributed by atoms with van der Waals surface area (Å²) in [4.78, 5) is 18.0. The molecule has 1 heterocycles. The molecule has 1 aromatic rings. The molecule has 20 heavy (non-hydrogen) atoms. The van der Waals surface area contributed by atoms with Gasteiger partial charge in [0.15, 0.2) is 0 Å². The molecule has 2 N–H and O–H groups in total. The second-order valence-electron chi connectivity index (χ2n) is 5.61. The third kappa shape index (κ3) is 3.35. The number of carboxylic acid groups (broad SMARTS) is 1. The summed E-state index contributed by atoms with van der Waals surface area (Å²) < 4.78 is 0. The number of hydrogen-bond acceptors (Lipinski definition) is 4. The first kappa shape index (κ1) is 14.9. The largest absolute Gasteiger partial charge is 0.480 e. The van der Waals surface area contributed by atoms with E-state index < -0.39 is 11.5 Å². The van der Waals surface area contributed by atoms with Crippen molar-refractivity contribution in [2.45, 2.75) is 24.8 Å². The van der Waals surface area contributed by atoms with E-state index in [1.54, 1.807) is 13.2 Å². The number of aromatic nitrogens is 1. The predicted octanol–water partition coefficient (Wildman–Crippen LogP) is 1.01. The quantitative estimate of drug-likeness (QED) is 0.742. The van der Waals surface area contributed by atoms with E-state index in [4.69, 9.17) is 0 Å². The number of aliphatic carboxylic acids is 1. The zero-order valence-electron chi connectivity index (χ0n) is 12.2. The second-order valence-corrected chi connectivity index (χ2v) is 5.61. The Bertz CT molecular complexity index is 448. The van der Waals surface area contributed by atoms with Crippen molar-refractivity contribution in [3.8, 4) is 0 Å². The number of likely N-dealkylation sites (N-methyl/N-ethyl adjacent to an activating group) is 2. The first-order valence-corrected chi connectivity index (χ1v) is 7.09. The monoisotopic (exact) mass is 277 g/mol. The highest BCUT2D eigenvalue weighted by Gasteiger charge is 2.50. The molecule has 0 amide bonds. The van der Waals surface area contributed by atoms with Crippen molar-refractivity contribution in [1.82, 2.24) is 15.2 Å². The lowest BCUT2D eigenvalue weighted by Gasteiger charge is -2.33. The number of hydrogen-bond donors (Lipinski definition) is 2. The maximum atomic E-state index is 11.6. The van der Waals surface area contributed by atoms with Crippen LogP contribution in [0.5, 0.6) is 0 Å². The molecule has 0 bridgehead atoms. The Hall–Kier alpha value is -1.46. The lowest BCUT2D eigenvalue weighted by Crippen LogP contribution is -2.59. The highest BCUT2D eigenvalue weighted by Crippen LogP contribution is 2.40. The van der Waals surface area contributed by atoms with Crippen LogP contribution in [0.3, 0.4) is 0 Å². The molecule has 110 valence electrons. The van der Waals surface area contributed by atoms with E-state index in [-0.39, 0.29) is 5.92 Å². The average Bonchev–Trinajstić information content (AvgIpc) is 3.28. The summed E-state index contributed by atoms with van der Waals surface area (Å²) in [5, 5.41) is 12.6. The van der Waals surface area contributed by atoms with Crippen LogP contribution in [0.1, 0.15) is 18.5 Å². The van der Waals surface area contributed by atoms with Crippen LogP contribution in [0.4, 0.5) is 0 Å². The third-order valence-corrected chi connectivity index (χ3v) is 4.10. The van der Waals surface area contributed by atoms with Gasteiger partial charge in [0.1, 0.15) is 5.54 Å². The maximum Gasteiger partial charge on any atom is 0.325 e. The Balaban J connectivity index is 1.92. The van der Waals surface area contributed by atoms with E-state index in [1.165, 1.54) is 0 Å². The number of nitrogens with zero attached hydrogens (tertiary/aromatic N) is 2. The van der Waals surface area contributed by atoms with Crippen molar-refractivity contribution in [3.05, 3.63) is 30.1 Å². The number of pyridine rings is 1.